The standard InChI is InChI=1S/C17H18ClN3O4/c1-10-9-15(21-25-10)20-17(24)11(2)19-16(23)8-7-14(22)12-3-5-13(18)6-4-12/h3-6,9,11H,7-8H2,1-2H3,(H,19,23)(H,20,21,24)/t11-/m1/s1. The summed E-state index contributed by atoms with van der Waals surface area (Å²) in [5.41, 5.74) is 0.490. The van der Waals surface area contributed by atoms with Gasteiger partial charge >= 0.3 is 0 Å². The van der Waals surface area contributed by atoms with Gasteiger partial charge in [0.25, 0.3) is 0 Å². The van der Waals surface area contributed by atoms with Gasteiger partial charge in [0, 0.05) is 29.5 Å². The molecule has 8 heteroatoms. The molecule has 0 saturated heterocycles. The Hall–Kier alpha value is -2.67. The maximum absolute atomic E-state index is 12.0. The van der Waals surface area contributed by atoms with Crippen LogP contribution in [0.1, 0.15) is 35.9 Å². The van der Waals surface area contributed by atoms with Gasteiger partial charge in [-0.3, -0.25) is 14.4 Å². The van der Waals surface area contributed by atoms with Crippen LogP contribution >= 0.6 is 11.6 Å². The number of ketones is 1. The number of amides is 2. The predicted molar refractivity (Wildman–Crippen MR) is 92.5 cm³/mol. The molecule has 0 bridgehead atoms. The molecule has 0 aliphatic heterocycles. The van der Waals surface area contributed by atoms with E-state index < -0.39 is 11.9 Å². The van der Waals surface area contributed by atoms with Crippen molar-refractivity contribution in [1.29, 1.82) is 0 Å². The van der Waals surface area contributed by atoms with Gasteiger partial charge in [0.1, 0.15) is 11.8 Å². The number of nitrogens with one attached hydrogen (secondary N) is 2. The molecule has 2 N–H and O–H groups in total. The van der Waals surface area contributed by atoms with Crippen LogP contribution in [0.5, 0.6) is 0 Å². The van der Waals surface area contributed by atoms with Crippen LogP contribution < -0.4 is 10.6 Å². The van der Waals surface area contributed by atoms with Crippen LogP contribution in [-0.2, 0) is 9.59 Å². The lowest BCUT2D eigenvalue weighted by molar-refractivity contribution is -0.126. The summed E-state index contributed by atoms with van der Waals surface area (Å²) < 4.78 is 4.84. The number of carbonyl (C=O) groups is 3. The third kappa shape index (κ3) is 5.72. The van der Waals surface area contributed by atoms with Gasteiger partial charge in [-0.15, -0.1) is 0 Å². The summed E-state index contributed by atoms with van der Waals surface area (Å²) in [4.78, 5) is 35.9. The monoisotopic (exact) mass is 363 g/mol. The Morgan fingerprint density at radius 3 is 2.48 bits per heavy atom. The lowest BCUT2D eigenvalue weighted by Gasteiger charge is -2.12. The van der Waals surface area contributed by atoms with Crippen molar-refractivity contribution in [1.82, 2.24) is 10.5 Å². The summed E-state index contributed by atoms with van der Waals surface area (Å²) in [5.74, 6) is -0.136. The molecule has 25 heavy (non-hydrogen) atoms. The van der Waals surface area contributed by atoms with E-state index in [9.17, 15) is 14.4 Å². The zero-order valence-electron chi connectivity index (χ0n) is 13.8. The molecular weight excluding hydrogens is 346 g/mol. The van der Waals surface area contributed by atoms with Crippen LogP contribution in [0.15, 0.2) is 34.9 Å². The molecule has 1 heterocycles. The SMILES string of the molecule is Cc1cc(NC(=O)[C@@H](C)NC(=O)CCC(=O)c2ccc(Cl)cc2)no1. The number of hydrogen-bond acceptors (Lipinski definition) is 5. The maximum atomic E-state index is 12.0. The van der Waals surface area contributed by atoms with E-state index in [1.165, 1.54) is 0 Å². The van der Waals surface area contributed by atoms with Crippen molar-refractivity contribution in [2.24, 2.45) is 0 Å². The van der Waals surface area contributed by atoms with Gasteiger partial charge in [-0.05, 0) is 38.1 Å². The molecule has 7 nitrogen and oxygen atoms in total. The first-order valence-electron chi connectivity index (χ1n) is 7.67. The molecule has 2 rings (SSSR count). The molecular formula is C17H18ClN3O4. The quantitative estimate of drug-likeness (QED) is 0.736. The van der Waals surface area contributed by atoms with Gasteiger partial charge < -0.3 is 15.2 Å². The van der Waals surface area contributed by atoms with Gasteiger partial charge in [-0.25, -0.2) is 0 Å². The van der Waals surface area contributed by atoms with Crippen LogP contribution in [0.3, 0.4) is 0 Å². The summed E-state index contributed by atoms with van der Waals surface area (Å²) in [6.45, 7) is 3.24. The second-order valence-corrected chi connectivity index (χ2v) is 5.97. The molecule has 0 unspecified atom stereocenters. The van der Waals surface area contributed by atoms with E-state index in [1.54, 1.807) is 44.2 Å². The fraction of sp³-hybridized carbons (Fsp3) is 0.294. The molecule has 0 aliphatic carbocycles. The zero-order valence-corrected chi connectivity index (χ0v) is 14.6. The van der Waals surface area contributed by atoms with Crippen LogP contribution in [0.2, 0.25) is 5.02 Å². The molecule has 0 spiro atoms. The minimum atomic E-state index is -0.768. The Labute approximate surface area is 149 Å². The molecule has 132 valence electrons. The Morgan fingerprint density at radius 2 is 1.88 bits per heavy atom. The smallest absolute Gasteiger partial charge is 0.247 e. The minimum Gasteiger partial charge on any atom is -0.360 e. The second-order valence-electron chi connectivity index (χ2n) is 5.53. The third-order valence-electron chi connectivity index (χ3n) is 3.40. The van der Waals surface area contributed by atoms with E-state index in [4.69, 9.17) is 16.1 Å². The number of nitrogens with zero attached hydrogens (tertiary/aromatic N) is 1. The van der Waals surface area contributed by atoms with Gasteiger partial charge in [-0.2, -0.15) is 0 Å². The molecule has 1 aromatic heterocycles. The molecule has 0 saturated carbocycles. The fourth-order valence-corrected chi connectivity index (χ4v) is 2.17. The van der Waals surface area contributed by atoms with Gasteiger partial charge in [0.05, 0.1) is 0 Å². The summed E-state index contributed by atoms with van der Waals surface area (Å²) in [6, 6.07) is 7.25. The van der Waals surface area contributed by atoms with Crippen molar-refractivity contribution >= 4 is 35.0 Å². The lowest BCUT2D eigenvalue weighted by Crippen LogP contribution is -2.41. The van der Waals surface area contributed by atoms with Crippen LogP contribution in [0, 0.1) is 6.92 Å². The lowest BCUT2D eigenvalue weighted by atomic mass is 10.1. The molecule has 1 atom stereocenters. The number of benzene rings is 1. The molecule has 0 aliphatic rings. The Morgan fingerprint density at radius 1 is 1.20 bits per heavy atom. The molecule has 0 radical (unpaired) electrons. The largest absolute Gasteiger partial charge is 0.360 e. The molecule has 0 fully saturated rings. The number of aryl methyl sites for hydroxylation is 1. The number of halogens is 1. The number of anilines is 1. The van der Waals surface area contributed by atoms with E-state index in [1.807, 2.05) is 0 Å². The highest BCUT2D eigenvalue weighted by Gasteiger charge is 2.18. The van der Waals surface area contributed by atoms with E-state index in [0.29, 0.717) is 16.3 Å². The van der Waals surface area contributed by atoms with Crippen LogP contribution in [0.4, 0.5) is 5.82 Å². The Bertz CT molecular complexity index is 770. The topological polar surface area (TPSA) is 101 Å². The Kier molecular flexibility index (Phi) is 6.30. The van der Waals surface area contributed by atoms with Crippen molar-refractivity contribution in [3.63, 3.8) is 0 Å². The highest BCUT2D eigenvalue weighted by atomic mass is 35.5. The van der Waals surface area contributed by atoms with E-state index >= 15 is 0 Å². The number of hydrogen-bond donors (Lipinski definition) is 2. The highest BCUT2D eigenvalue weighted by Crippen LogP contribution is 2.12. The predicted octanol–water partition coefficient (Wildman–Crippen LogP) is 2.74. The fourth-order valence-electron chi connectivity index (χ4n) is 2.05. The first kappa shape index (κ1) is 18.7. The van der Waals surface area contributed by atoms with E-state index in [0.717, 1.165) is 0 Å². The van der Waals surface area contributed by atoms with Crippen molar-refractivity contribution in [2.75, 3.05) is 5.32 Å². The van der Waals surface area contributed by atoms with Gasteiger partial charge in [-0.1, -0.05) is 16.8 Å². The minimum absolute atomic E-state index is 0.0118. The number of Topliss-reactive ketones (excluding diaryl/α,β-unsaturated/α-hetero) is 1. The number of carbonyl (C=O) groups excluding carboxylic acids is 3. The van der Waals surface area contributed by atoms with Crippen molar-refractivity contribution in [3.8, 4) is 0 Å². The summed E-state index contributed by atoms with van der Waals surface area (Å²) in [5, 5.41) is 9.25. The van der Waals surface area contributed by atoms with E-state index in [-0.39, 0.29) is 30.3 Å². The average Bonchev–Trinajstić information content (AvgIpc) is 2.98. The maximum Gasteiger partial charge on any atom is 0.247 e. The normalized spacial score (nSPS) is 11.6. The summed E-state index contributed by atoms with van der Waals surface area (Å²) >= 11 is 5.77. The highest BCUT2D eigenvalue weighted by molar-refractivity contribution is 6.30. The Balaban J connectivity index is 1.77. The average molecular weight is 364 g/mol. The van der Waals surface area contributed by atoms with Crippen LogP contribution in [0.25, 0.3) is 0 Å². The van der Waals surface area contributed by atoms with Crippen molar-refractivity contribution in [2.45, 2.75) is 32.7 Å². The number of rotatable bonds is 7. The number of aromatic nitrogens is 1. The molecule has 2 aromatic rings. The second kappa shape index (κ2) is 8.43. The van der Waals surface area contributed by atoms with Crippen molar-refractivity contribution < 1.29 is 18.9 Å². The molecule has 1 aromatic carbocycles. The summed E-state index contributed by atoms with van der Waals surface area (Å²) in [6.07, 6.45) is 0.0342. The van der Waals surface area contributed by atoms with Gasteiger partial charge in [0.15, 0.2) is 11.6 Å². The molecule has 2 amide bonds. The van der Waals surface area contributed by atoms with Gasteiger partial charge in [0.2, 0.25) is 11.8 Å². The first-order chi connectivity index (χ1) is 11.8. The van der Waals surface area contributed by atoms with Crippen molar-refractivity contribution in [3.05, 3.63) is 46.7 Å². The first-order valence-corrected chi connectivity index (χ1v) is 8.05. The van der Waals surface area contributed by atoms with E-state index in [2.05, 4.69) is 15.8 Å². The van der Waals surface area contributed by atoms with Crippen LogP contribution in [-0.4, -0.2) is 28.8 Å². The summed E-state index contributed by atoms with van der Waals surface area (Å²) in [7, 11) is 0. The zero-order chi connectivity index (χ0) is 18.4. The third-order valence-corrected chi connectivity index (χ3v) is 3.65.